The van der Waals surface area contributed by atoms with Crippen molar-refractivity contribution in [2.45, 2.75) is 19.8 Å². The number of halogens is 3. The van der Waals surface area contributed by atoms with Gasteiger partial charge in [-0.25, -0.2) is 9.48 Å². The molecule has 0 saturated carbocycles. The molecule has 0 spiro atoms. The summed E-state index contributed by atoms with van der Waals surface area (Å²) in [6, 6.07) is 0. The molecular weight excluding hydrogens is 229 g/mol. The van der Waals surface area contributed by atoms with Gasteiger partial charge in [0.25, 0.3) is 0 Å². The van der Waals surface area contributed by atoms with E-state index < -0.39 is 25.5 Å². The van der Waals surface area contributed by atoms with Gasteiger partial charge in [-0.3, -0.25) is 0 Å². The van der Waals surface area contributed by atoms with Crippen LogP contribution in [0.3, 0.4) is 0 Å². The van der Waals surface area contributed by atoms with Gasteiger partial charge < -0.3 is 9.84 Å². The van der Waals surface area contributed by atoms with Crippen molar-refractivity contribution in [1.29, 1.82) is 0 Å². The first kappa shape index (κ1) is 12.5. The zero-order valence-electron chi connectivity index (χ0n) is 8.28. The first-order chi connectivity index (χ1) is 7.29. The summed E-state index contributed by atoms with van der Waals surface area (Å²) in [5.41, 5.74) is 0.165. The molecule has 5 nitrogen and oxygen atoms in total. The SMILES string of the molecule is Cc1nn(COCC(F)(F)F)cc1C(=O)O. The maximum atomic E-state index is 11.7. The fourth-order valence-electron chi connectivity index (χ4n) is 1.05. The van der Waals surface area contributed by atoms with Crippen molar-refractivity contribution in [1.82, 2.24) is 9.78 Å². The van der Waals surface area contributed by atoms with Crippen molar-refractivity contribution >= 4 is 5.97 Å². The van der Waals surface area contributed by atoms with Gasteiger partial charge in [0, 0.05) is 6.20 Å². The second kappa shape index (κ2) is 4.52. The highest BCUT2D eigenvalue weighted by molar-refractivity contribution is 5.88. The van der Waals surface area contributed by atoms with Crippen LogP contribution in [0.1, 0.15) is 16.1 Å². The van der Waals surface area contributed by atoms with E-state index >= 15 is 0 Å². The van der Waals surface area contributed by atoms with Crippen LogP contribution in [0.4, 0.5) is 13.2 Å². The largest absolute Gasteiger partial charge is 0.478 e. The van der Waals surface area contributed by atoms with Gasteiger partial charge in [0.2, 0.25) is 0 Å². The van der Waals surface area contributed by atoms with Crippen molar-refractivity contribution < 1.29 is 27.8 Å². The van der Waals surface area contributed by atoms with Crippen LogP contribution in [0.15, 0.2) is 6.20 Å². The predicted octanol–water partition coefficient (Wildman–Crippen LogP) is 1.43. The third-order valence-electron chi connectivity index (χ3n) is 1.67. The molecule has 16 heavy (non-hydrogen) atoms. The summed E-state index contributed by atoms with van der Waals surface area (Å²) in [5.74, 6) is -1.18. The number of hydrogen-bond acceptors (Lipinski definition) is 3. The van der Waals surface area contributed by atoms with Crippen molar-refractivity contribution in [2.24, 2.45) is 0 Å². The van der Waals surface area contributed by atoms with E-state index in [1.54, 1.807) is 0 Å². The minimum Gasteiger partial charge on any atom is -0.478 e. The van der Waals surface area contributed by atoms with E-state index in [2.05, 4.69) is 9.84 Å². The van der Waals surface area contributed by atoms with Gasteiger partial charge in [0.1, 0.15) is 18.9 Å². The second-order valence-corrected chi connectivity index (χ2v) is 3.07. The molecule has 0 fully saturated rings. The molecule has 0 atom stereocenters. The van der Waals surface area contributed by atoms with Crippen molar-refractivity contribution in [2.75, 3.05) is 6.61 Å². The smallest absolute Gasteiger partial charge is 0.411 e. The Morgan fingerprint density at radius 1 is 1.62 bits per heavy atom. The number of carboxylic acids is 1. The quantitative estimate of drug-likeness (QED) is 0.861. The fourth-order valence-corrected chi connectivity index (χ4v) is 1.05. The van der Waals surface area contributed by atoms with Crippen LogP contribution < -0.4 is 0 Å². The molecule has 0 aliphatic carbocycles. The number of aryl methyl sites for hydroxylation is 1. The van der Waals surface area contributed by atoms with Crippen molar-refractivity contribution in [3.63, 3.8) is 0 Å². The molecule has 1 N–H and O–H groups in total. The minimum absolute atomic E-state index is 0.0596. The van der Waals surface area contributed by atoms with E-state index in [0.29, 0.717) is 0 Å². The lowest BCUT2D eigenvalue weighted by Gasteiger charge is -2.06. The lowest BCUT2D eigenvalue weighted by atomic mass is 10.3. The molecule has 90 valence electrons. The Bertz CT molecular complexity index is 386. The van der Waals surface area contributed by atoms with Gasteiger partial charge in [-0.05, 0) is 6.92 Å². The van der Waals surface area contributed by atoms with Crippen LogP contribution in [0.5, 0.6) is 0 Å². The summed E-state index contributed by atoms with van der Waals surface area (Å²) in [4.78, 5) is 10.6. The molecular formula is C8H9F3N2O3. The Balaban J connectivity index is 2.56. The molecule has 0 aliphatic heterocycles. The number of hydrogen-bond donors (Lipinski definition) is 1. The number of rotatable bonds is 4. The zero-order valence-corrected chi connectivity index (χ0v) is 8.28. The van der Waals surface area contributed by atoms with Crippen LogP contribution >= 0.6 is 0 Å². The number of aromatic nitrogens is 2. The predicted molar refractivity (Wildman–Crippen MR) is 45.9 cm³/mol. The van der Waals surface area contributed by atoms with Crippen molar-refractivity contribution in [3.05, 3.63) is 17.5 Å². The molecule has 1 aromatic heterocycles. The summed E-state index contributed by atoms with van der Waals surface area (Å²) in [6.45, 7) is -0.383. The van der Waals surface area contributed by atoms with E-state index in [1.807, 2.05) is 0 Å². The Hall–Kier alpha value is -1.57. The first-order valence-electron chi connectivity index (χ1n) is 4.21. The third kappa shape index (κ3) is 3.54. The average Bonchev–Trinajstić information content (AvgIpc) is 2.44. The molecule has 0 aliphatic rings. The normalized spacial score (nSPS) is 11.8. The van der Waals surface area contributed by atoms with Gasteiger partial charge in [0.15, 0.2) is 0 Å². The van der Waals surface area contributed by atoms with E-state index in [9.17, 15) is 18.0 Å². The van der Waals surface area contributed by atoms with Crippen molar-refractivity contribution in [3.8, 4) is 0 Å². The standard InChI is InChI=1S/C8H9F3N2O3/c1-5-6(7(14)15)2-13(12-5)4-16-3-8(9,10)11/h2H,3-4H2,1H3,(H,14,15). The van der Waals surface area contributed by atoms with E-state index in [-0.39, 0.29) is 11.3 Å². The van der Waals surface area contributed by atoms with Gasteiger partial charge >= 0.3 is 12.1 Å². The van der Waals surface area contributed by atoms with E-state index in [4.69, 9.17) is 5.11 Å². The lowest BCUT2D eigenvalue weighted by molar-refractivity contribution is -0.182. The average molecular weight is 238 g/mol. The maximum absolute atomic E-state index is 11.7. The summed E-state index contributed by atoms with van der Waals surface area (Å²) < 4.78 is 40.5. The number of alkyl halides is 3. The third-order valence-corrected chi connectivity index (χ3v) is 1.67. The monoisotopic (exact) mass is 238 g/mol. The number of carbonyl (C=O) groups is 1. The second-order valence-electron chi connectivity index (χ2n) is 3.07. The molecule has 1 rings (SSSR count). The van der Waals surface area contributed by atoms with Gasteiger partial charge in [-0.15, -0.1) is 0 Å². The molecule has 0 unspecified atom stereocenters. The first-order valence-corrected chi connectivity index (χ1v) is 4.21. The molecule has 0 saturated heterocycles. The van der Waals surface area contributed by atoms with E-state index in [1.165, 1.54) is 6.92 Å². The van der Waals surface area contributed by atoms with Crippen LogP contribution in [0.2, 0.25) is 0 Å². The summed E-state index contributed by atoms with van der Waals surface area (Å²) >= 11 is 0. The Morgan fingerprint density at radius 2 is 2.25 bits per heavy atom. The molecule has 1 aromatic rings. The van der Waals surface area contributed by atoms with Crippen LogP contribution in [-0.4, -0.2) is 33.6 Å². The highest BCUT2D eigenvalue weighted by atomic mass is 19.4. The summed E-state index contributed by atoms with van der Waals surface area (Å²) in [5, 5.41) is 12.4. The van der Waals surface area contributed by atoms with Gasteiger partial charge in [0.05, 0.1) is 5.69 Å². The highest BCUT2D eigenvalue weighted by Crippen LogP contribution is 2.14. The van der Waals surface area contributed by atoms with Gasteiger partial charge in [-0.1, -0.05) is 0 Å². The van der Waals surface area contributed by atoms with Crippen LogP contribution in [0, 0.1) is 6.92 Å². The number of nitrogens with zero attached hydrogens (tertiary/aromatic N) is 2. The highest BCUT2D eigenvalue weighted by Gasteiger charge is 2.27. The maximum Gasteiger partial charge on any atom is 0.411 e. The topological polar surface area (TPSA) is 64.4 Å². The molecule has 0 bridgehead atoms. The molecule has 1 heterocycles. The number of aromatic carboxylic acids is 1. The number of carboxylic acid groups (broad SMARTS) is 1. The Labute approximate surface area is 88.4 Å². The Morgan fingerprint density at radius 3 is 2.69 bits per heavy atom. The van der Waals surface area contributed by atoms with Crippen LogP contribution in [-0.2, 0) is 11.5 Å². The lowest BCUT2D eigenvalue weighted by Crippen LogP contribution is -2.18. The van der Waals surface area contributed by atoms with Gasteiger partial charge in [-0.2, -0.15) is 18.3 Å². The van der Waals surface area contributed by atoms with Crippen LogP contribution in [0.25, 0.3) is 0 Å². The molecule has 0 aromatic carbocycles. The summed E-state index contributed by atoms with van der Waals surface area (Å²) in [6.07, 6.45) is -3.29. The van der Waals surface area contributed by atoms with E-state index in [0.717, 1.165) is 10.9 Å². The fraction of sp³-hybridized carbons (Fsp3) is 0.500. The number of ether oxygens (including phenoxy) is 1. The molecule has 0 radical (unpaired) electrons. The minimum atomic E-state index is -4.40. The summed E-state index contributed by atoms with van der Waals surface area (Å²) in [7, 11) is 0. The molecule has 8 heteroatoms. The zero-order chi connectivity index (χ0) is 12.3. The molecule has 0 amide bonds. The Kier molecular flexibility index (Phi) is 3.53.